The molecule has 0 saturated heterocycles. The van der Waals surface area contributed by atoms with Gasteiger partial charge in [-0.2, -0.15) is 0 Å². The van der Waals surface area contributed by atoms with Crippen LogP contribution in [0.4, 0.5) is 13.2 Å². The molecule has 1 rings (SSSR count). The lowest BCUT2D eigenvalue weighted by molar-refractivity contribution is -0.276. The highest BCUT2D eigenvalue weighted by Gasteiger charge is 2.34. The van der Waals surface area contributed by atoms with Gasteiger partial charge in [-0.1, -0.05) is 0 Å². The smallest absolute Gasteiger partial charge is 0.503 e. The van der Waals surface area contributed by atoms with Crippen molar-refractivity contribution in [2.24, 2.45) is 5.73 Å². The number of nitrogens with two attached hydrogens (primary N) is 1. The highest BCUT2D eigenvalue weighted by Crippen LogP contribution is 2.33. The number of hydrogen-bond acceptors (Lipinski definition) is 6. The van der Waals surface area contributed by atoms with E-state index in [-0.39, 0.29) is 24.3 Å². The normalized spacial score (nSPS) is 11.2. The molecule has 9 heteroatoms. The molecule has 0 aromatic carbocycles. The average Bonchev–Trinajstić information content (AvgIpc) is 2.30. The van der Waals surface area contributed by atoms with Crippen LogP contribution in [0.2, 0.25) is 0 Å². The van der Waals surface area contributed by atoms with Crippen LogP contribution < -0.4 is 10.5 Å². The first-order valence-electron chi connectivity index (χ1n) is 5.14. The van der Waals surface area contributed by atoms with Crippen molar-refractivity contribution in [3.63, 3.8) is 0 Å². The van der Waals surface area contributed by atoms with Gasteiger partial charge in [-0.25, -0.2) is 9.78 Å². The van der Waals surface area contributed by atoms with Crippen LogP contribution in [0.3, 0.4) is 0 Å². The maximum Gasteiger partial charge on any atom is 0.574 e. The Kier molecular flexibility index (Phi) is 4.54. The van der Waals surface area contributed by atoms with Crippen molar-refractivity contribution in [1.82, 2.24) is 4.98 Å². The number of carbonyl (C=O) groups excluding carboxylic acids is 1. The van der Waals surface area contributed by atoms with Crippen molar-refractivity contribution < 1.29 is 32.5 Å². The van der Waals surface area contributed by atoms with Crippen molar-refractivity contribution >= 4 is 5.97 Å². The number of hydrogen-bond donors (Lipinski definition) is 2. The lowest BCUT2D eigenvalue weighted by Gasteiger charge is -2.13. The molecule has 0 bridgehead atoms. The van der Waals surface area contributed by atoms with E-state index in [1.165, 1.54) is 0 Å². The molecule has 0 aliphatic carbocycles. The average molecular weight is 280 g/mol. The Morgan fingerprint density at radius 2 is 2.16 bits per heavy atom. The van der Waals surface area contributed by atoms with Crippen molar-refractivity contribution in [3.8, 4) is 11.6 Å². The fourth-order valence-corrected chi connectivity index (χ4v) is 1.29. The summed E-state index contributed by atoms with van der Waals surface area (Å²) in [7, 11) is 0. The molecule has 0 unspecified atom stereocenters. The van der Waals surface area contributed by atoms with Crippen LogP contribution in [-0.2, 0) is 11.3 Å². The number of carbonyl (C=O) groups is 1. The zero-order valence-corrected chi connectivity index (χ0v) is 9.82. The van der Waals surface area contributed by atoms with E-state index in [0.717, 1.165) is 6.20 Å². The molecule has 19 heavy (non-hydrogen) atoms. The van der Waals surface area contributed by atoms with Gasteiger partial charge in [0.2, 0.25) is 0 Å². The molecular formula is C10H11F3N2O4. The maximum absolute atomic E-state index is 12.0. The Labute approximate surface area is 105 Å². The predicted molar refractivity (Wildman–Crippen MR) is 56.4 cm³/mol. The molecule has 0 aliphatic heterocycles. The van der Waals surface area contributed by atoms with E-state index in [2.05, 4.69) is 14.5 Å². The van der Waals surface area contributed by atoms with E-state index >= 15 is 0 Å². The van der Waals surface area contributed by atoms with E-state index in [1.807, 2.05) is 0 Å². The van der Waals surface area contributed by atoms with E-state index < -0.39 is 24.0 Å². The summed E-state index contributed by atoms with van der Waals surface area (Å²) in [5, 5.41) is 9.57. The van der Waals surface area contributed by atoms with Gasteiger partial charge >= 0.3 is 12.3 Å². The number of alkyl halides is 3. The standard InChI is InChI=1S/C10H11F3N2O4/c1-2-18-9(17)6-4-15-8(19-10(11,12)13)7(16)5(6)3-14/h4,16H,2-3,14H2,1H3. The number of pyridine rings is 1. The first-order chi connectivity index (χ1) is 8.80. The van der Waals surface area contributed by atoms with Gasteiger partial charge in [0, 0.05) is 18.3 Å². The molecule has 106 valence electrons. The molecule has 0 amide bonds. The van der Waals surface area contributed by atoms with Gasteiger partial charge in [-0.3, -0.25) is 0 Å². The number of halogens is 3. The summed E-state index contributed by atoms with van der Waals surface area (Å²) < 4.78 is 44.3. The molecule has 1 aromatic rings. The Morgan fingerprint density at radius 1 is 1.53 bits per heavy atom. The molecule has 1 aromatic heterocycles. The second kappa shape index (κ2) is 5.74. The van der Waals surface area contributed by atoms with Crippen LogP contribution in [0.25, 0.3) is 0 Å². The summed E-state index contributed by atoms with van der Waals surface area (Å²) in [6, 6.07) is 0. The molecule has 0 radical (unpaired) electrons. The van der Waals surface area contributed by atoms with E-state index in [9.17, 15) is 23.1 Å². The SMILES string of the molecule is CCOC(=O)c1cnc(OC(F)(F)F)c(O)c1CN. The zero-order valence-electron chi connectivity index (χ0n) is 9.82. The second-order valence-electron chi connectivity index (χ2n) is 3.28. The van der Waals surface area contributed by atoms with Crippen LogP contribution in [0.1, 0.15) is 22.8 Å². The molecule has 0 spiro atoms. The summed E-state index contributed by atoms with van der Waals surface area (Å²) in [5.41, 5.74) is 4.85. The Bertz CT molecular complexity index is 477. The van der Waals surface area contributed by atoms with E-state index in [1.54, 1.807) is 6.92 Å². The minimum atomic E-state index is -5.01. The highest BCUT2D eigenvalue weighted by atomic mass is 19.4. The molecule has 6 nitrogen and oxygen atoms in total. The first kappa shape index (κ1) is 15.0. The Morgan fingerprint density at radius 3 is 2.63 bits per heavy atom. The number of rotatable bonds is 4. The van der Waals surface area contributed by atoms with Crippen molar-refractivity contribution in [2.45, 2.75) is 19.8 Å². The lowest BCUT2D eigenvalue weighted by atomic mass is 10.1. The molecular weight excluding hydrogens is 269 g/mol. The number of nitrogens with zero attached hydrogens (tertiary/aromatic N) is 1. The van der Waals surface area contributed by atoms with Crippen LogP contribution in [0.15, 0.2) is 6.20 Å². The quantitative estimate of drug-likeness (QED) is 0.808. The number of aromatic nitrogens is 1. The topological polar surface area (TPSA) is 94.7 Å². The summed E-state index contributed by atoms with van der Waals surface area (Å²) in [4.78, 5) is 14.7. The minimum Gasteiger partial charge on any atom is -0.503 e. The highest BCUT2D eigenvalue weighted by molar-refractivity contribution is 5.91. The Hall–Kier alpha value is -2.03. The fraction of sp³-hybridized carbons (Fsp3) is 0.400. The van der Waals surface area contributed by atoms with Crippen LogP contribution in [0.5, 0.6) is 11.6 Å². The third-order valence-corrected chi connectivity index (χ3v) is 2.04. The van der Waals surface area contributed by atoms with Crippen LogP contribution in [0, 0.1) is 0 Å². The molecule has 0 fully saturated rings. The van der Waals surface area contributed by atoms with Gasteiger partial charge in [0.05, 0.1) is 12.2 Å². The molecule has 0 saturated carbocycles. The predicted octanol–water partition coefficient (Wildman–Crippen LogP) is 1.32. The Balaban J connectivity index is 3.19. The molecule has 3 N–H and O–H groups in total. The summed E-state index contributed by atoms with van der Waals surface area (Å²) >= 11 is 0. The third-order valence-electron chi connectivity index (χ3n) is 2.04. The third kappa shape index (κ3) is 3.71. The van der Waals surface area contributed by atoms with Gasteiger partial charge in [-0.05, 0) is 6.92 Å². The second-order valence-corrected chi connectivity index (χ2v) is 3.28. The van der Waals surface area contributed by atoms with Crippen LogP contribution >= 0.6 is 0 Å². The van der Waals surface area contributed by atoms with E-state index in [0.29, 0.717) is 0 Å². The molecule has 0 atom stereocenters. The number of esters is 1. The zero-order chi connectivity index (χ0) is 14.6. The van der Waals surface area contributed by atoms with Gasteiger partial charge < -0.3 is 20.3 Å². The van der Waals surface area contributed by atoms with Crippen LogP contribution in [-0.4, -0.2) is 29.0 Å². The summed E-state index contributed by atoms with van der Waals surface area (Å²) in [6.45, 7) is 1.23. The summed E-state index contributed by atoms with van der Waals surface area (Å²) in [5.74, 6) is -2.85. The largest absolute Gasteiger partial charge is 0.574 e. The van der Waals surface area contributed by atoms with Gasteiger partial charge in [0.1, 0.15) is 0 Å². The fourth-order valence-electron chi connectivity index (χ4n) is 1.29. The summed E-state index contributed by atoms with van der Waals surface area (Å²) in [6.07, 6.45) is -4.21. The monoisotopic (exact) mass is 280 g/mol. The van der Waals surface area contributed by atoms with Crippen molar-refractivity contribution in [1.29, 1.82) is 0 Å². The van der Waals surface area contributed by atoms with Gasteiger partial charge in [0.25, 0.3) is 5.88 Å². The molecule has 1 heterocycles. The number of aromatic hydroxyl groups is 1. The minimum absolute atomic E-state index is 0.0599. The van der Waals surface area contributed by atoms with Gasteiger partial charge in [-0.15, -0.1) is 13.2 Å². The lowest BCUT2D eigenvalue weighted by Crippen LogP contribution is -2.19. The van der Waals surface area contributed by atoms with Crippen molar-refractivity contribution in [3.05, 3.63) is 17.3 Å². The number of ether oxygens (including phenoxy) is 2. The maximum atomic E-state index is 12.0. The molecule has 0 aliphatic rings. The van der Waals surface area contributed by atoms with E-state index in [4.69, 9.17) is 5.73 Å². The van der Waals surface area contributed by atoms with Crippen molar-refractivity contribution in [2.75, 3.05) is 6.61 Å². The first-order valence-corrected chi connectivity index (χ1v) is 5.14. The van der Waals surface area contributed by atoms with Gasteiger partial charge in [0.15, 0.2) is 5.75 Å².